The molecule has 1 fully saturated rings. The van der Waals surface area contributed by atoms with Crippen LogP contribution in [0.2, 0.25) is 0 Å². The second-order valence-corrected chi connectivity index (χ2v) is 7.31. The van der Waals surface area contributed by atoms with Crippen molar-refractivity contribution in [3.05, 3.63) is 65.5 Å². The van der Waals surface area contributed by atoms with Crippen molar-refractivity contribution in [2.45, 2.75) is 37.4 Å². The average molecular weight is 373 g/mol. The first-order chi connectivity index (χ1) is 13.0. The number of benzene rings is 2. The molecule has 2 aromatic rings. The highest BCUT2D eigenvalue weighted by Gasteiger charge is 2.33. The van der Waals surface area contributed by atoms with Crippen molar-refractivity contribution in [3.8, 4) is 5.75 Å². The first kappa shape index (κ1) is 19.8. The van der Waals surface area contributed by atoms with Gasteiger partial charge in [0.25, 0.3) is 0 Å². The Bertz CT molecular complexity index is 709. The van der Waals surface area contributed by atoms with Crippen molar-refractivity contribution < 1.29 is 19.3 Å². The number of aliphatic hydroxyl groups excluding tert-OH is 1. The molecule has 0 amide bonds. The quantitative estimate of drug-likeness (QED) is 0.778. The number of hydrogen-bond acceptors (Lipinski definition) is 4. The first-order valence-electron chi connectivity index (χ1n) is 9.53. The number of rotatable bonds is 7. The fourth-order valence-corrected chi connectivity index (χ4v) is 3.70. The van der Waals surface area contributed by atoms with Gasteiger partial charge in [-0.3, -0.25) is 0 Å². The lowest BCUT2D eigenvalue weighted by molar-refractivity contribution is -0.0266. The Balaban J connectivity index is 1.44. The number of hydrogen-bond donors (Lipinski definition) is 2. The molecule has 2 aromatic carbocycles. The molecule has 1 aliphatic rings. The molecule has 27 heavy (non-hydrogen) atoms. The minimum atomic E-state index is -0.781. The molecule has 0 radical (unpaired) electrons. The summed E-state index contributed by atoms with van der Waals surface area (Å²) in [5, 5.41) is 21.2. The smallest absolute Gasteiger partial charge is 0.123 e. The van der Waals surface area contributed by atoms with Gasteiger partial charge in [-0.15, -0.1) is 0 Å². The van der Waals surface area contributed by atoms with Crippen molar-refractivity contribution in [1.29, 1.82) is 0 Å². The highest BCUT2D eigenvalue weighted by atomic mass is 19.1. The minimum absolute atomic E-state index is 0.288. The maximum Gasteiger partial charge on any atom is 0.123 e. The molecule has 5 heteroatoms. The SMILES string of the molecule is COc1ccc(C2(O)CCN(CCCC(O)c3ccc(F)cc3)CC2)cc1. The van der Waals surface area contributed by atoms with Gasteiger partial charge in [0.15, 0.2) is 0 Å². The molecule has 0 aromatic heterocycles. The van der Waals surface area contributed by atoms with Crippen LogP contribution in [-0.2, 0) is 5.60 Å². The van der Waals surface area contributed by atoms with E-state index in [1.165, 1.54) is 12.1 Å². The van der Waals surface area contributed by atoms with Gasteiger partial charge < -0.3 is 19.8 Å². The van der Waals surface area contributed by atoms with Crippen LogP contribution >= 0.6 is 0 Å². The molecule has 4 nitrogen and oxygen atoms in total. The Morgan fingerprint density at radius 2 is 1.70 bits per heavy atom. The van der Waals surface area contributed by atoms with E-state index >= 15 is 0 Å². The number of piperidine rings is 1. The van der Waals surface area contributed by atoms with Crippen LogP contribution in [0.1, 0.15) is 42.9 Å². The molecule has 0 spiro atoms. The Kier molecular flexibility index (Phi) is 6.47. The first-order valence-corrected chi connectivity index (χ1v) is 9.53. The normalized spacial score (nSPS) is 18.2. The van der Waals surface area contributed by atoms with E-state index in [0.717, 1.165) is 42.9 Å². The van der Waals surface area contributed by atoms with Crippen LogP contribution in [0.3, 0.4) is 0 Å². The second-order valence-electron chi connectivity index (χ2n) is 7.31. The van der Waals surface area contributed by atoms with E-state index in [1.54, 1.807) is 19.2 Å². The molecule has 2 N–H and O–H groups in total. The van der Waals surface area contributed by atoms with Crippen molar-refractivity contribution >= 4 is 0 Å². The number of aliphatic hydroxyl groups is 2. The fraction of sp³-hybridized carbons (Fsp3) is 0.455. The van der Waals surface area contributed by atoms with Crippen LogP contribution in [0, 0.1) is 5.82 Å². The minimum Gasteiger partial charge on any atom is -0.497 e. The predicted octanol–water partition coefficient (Wildman–Crippen LogP) is 3.63. The standard InChI is InChI=1S/C22H28FNO3/c1-27-20-10-6-18(7-11-20)22(26)12-15-24(16-13-22)14-2-3-21(25)17-4-8-19(23)9-5-17/h4-11,21,25-26H,2-3,12-16H2,1H3. The van der Waals surface area contributed by atoms with Crippen molar-refractivity contribution in [2.24, 2.45) is 0 Å². The summed E-state index contributed by atoms with van der Waals surface area (Å²) in [5.74, 6) is 0.503. The summed E-state index contributed by atoms with van der Waals surface area (Å²) in [6.45, 7) is 2.54. The van der Waals surface area contributed by atoms with Gasteiger partial charge >= 0.3 is 0 Å². The van der Waals surface area contributed by atoms with E-state index in [1.807, 2.05) is 24.3 Å². The fourth-order valence-electron chi connectivity index (χ4n) is 3.70. The van der Waals surface area contributed by atoms with Gasteiger partial charge in [-0.1, -0.05) is 24.3 Å². The van der Waals surface area contributed by atoms with Crippen LogP contribution < -0.4 is 4.74 Å². The lowest BCUT2D eigenvalue weighted by Gasteiger charge is -2.38. The Hall–Kier alpha value is -1.95. The van der Waals surface area contributed by atoms with Gasteiger partial charge in [-0.05, 0) is 67.6 Å². The molecular weight excluding hydrogens is 345 g/mol. The Morgan fingerprint density at radius 3 is 2.30 bits per heavy atom. The topological polar surface area (TPSA) is 52.9 Å². The molecule has 1 atom stereocenters. The molecule has 0 saturated carbocycles. The Labute approximate surface area is 160 Å². The maximum atomic E-state index is 13.0. The maximum absolute atomic E-state index is 13.0. The van der Waals surface area contributed by atoms with E-state index < -0.39 is 11.7 Å². The number of likely N-dealkylation sites (tertiary alicyclic amines) is 1. The third-order valence-electron chi connectivity index (χ3n) is 5.52. The predicted molar refractivity (Wildman–Crippen MR) is 103 cm³/mol. The van der Waals surface area contributed by atoms with Crippen molar-refractivity contribution in [3.63, 3.8) is 0 Å². The van der Waals surface area contributed by atoms with E-state index in [-0.39, 0.29) is 5.82 Å². The van der Waals surface area contributed by atoms with E-state index in [0.29, 0.717) is 19.3 Å². The zero-order valence-corrected chi connectivity index (χ0v) is 15.8. The number of methoxy groups -OCH3 is 1. The van der Waals surface area contributed by atoms with E-state index in [2.05, 4.69) is 4.90 Å². The van der Waals surface area contributed by atoms with Gasteiger partial charge in [0.1, 0.15) is 11.6 Å². The van der Waals surface area contributed by atoms with Gasteiger partial charge in [0, 0.05) is 13.1 Å². The summed E-state index contributed by atoms with van der Waals surface area (Å²) >= 11 is 0. The van der Waals surface area contributed by atoms with Gasteiger partial charge in [-0.2, -0.15) is 0 Å². The van der Waals surface area contributed by atoms with Crippen LogP contribution in [0.4, 0.5) is 4.39 Å². The summed E-state index contributed by atoms with van der Waals surface area (Å²) in [4.78, 5) is 2.33. The van der Waals surface area contributed by atoms with Gasteiger partial charge in [0.2, 0.25) is 0 Å². The van der Waals surface area contributed by atoms with Crippen molar-refractivity contribution in [2.75, 3.05) is 26.7 Å². The zero-order valence-electron chi connectivity index (χ0n) is 15.8. The molecule has 1 unspecified atom stereocenters. The summed E-state index contributed by atoms with van der Waals surface area (Å²) in [6, 6.07) is 13.7. The lowest BCUT2D eigenvalue weighted by Crippen LogP contribution is -2.42. The van der Waals surface area contributed by atoms with Gasteiger partial charge in [0.05, 0.1) is 18.8 Å². The summed E-state index contributed by atoms with van der Waals surface area (Å²) in [6.07, 6.45) is 2.33. The number of halogens is 1. The third kappa shape index (κ3) is 5.06. The molecule has 1 heterocycles. The van der Waals surface area contributed by atoms with Crippen LogP contribution in [0.15, 0.2) is 48.5 Å². The molecule has 3 rings (SSSR count). The van der Waals surface area contributed by atoms with Crippen LogP contribution in [0.5, 0.6) is 5.75 Å². The number of ether oxygens (including phenoxy) is 1. The van der Waals surface area contributed by atoms with Crippen molar-refractivity contribution in [1.82, 2.24) is 4.90 Å². The third-order valence-corrected chi connectivity index (χ3v) is 5.52. The highest BCUT2D eigenvalue weighted by Crippen LogP contribution is 2.33. The summed E-state index contributed by atoms with van der Waals surface area (Å²) in [7, 11) is 1.63. The lowest BCUT2D eigenvalue weighted by atomic mass is 9.84. The monoisotopic (exact) mass is 373 g/mol. The second kappa shape index (κ2) is 8.83. The zero-order chi connectivity index (χ0) is 19.3. The molecule has 146 valence electrons. The summed E-state index contributed by atoms with van der Waals surface area (Å²) in [5.41, 5.74) is 0.912. The summed E-state index contributed by atoms with van der Waals surface area (Å²) < 4.78 is 18.1. The van der Waals surface area contributed by atoms with Crippen LogP contribution in [-0.4, -0.2) is 41.9 Å². The Morgan fingerprint density at radius 1 is 1.07 bits per heavy atom. The molecule has 0 bridgehead atoms. The molecular formula is C22H28FNO3. The van der Waals surface area contributed by atoms with Gasteiger partial charge in [-0.25, -0.2) is 4.39 Å². The highest BCUT2D eigenvalue weighted by molar-refractivity contribution is 5.31. The molecule has 1 saturated heterocycles. The number of nitrogens with zero attached hydrogens (tertiary/aromatic N) is 1. The largest absolute Gasteiger partial charge is 0.497 e. The van der Waals surface area contributed by atoms with E-state index in [9.17, 15) is 14.6 Å². The molecule has 0 aliphatic carbocycles. The average Bonchev–Trinajstić information content (AvgIpc) is 2.70. The van der Waals surface area contributed by atoms with E-state index in [4.69, 9.17) is 4.74 Å². The van der Waals surface area contributed by atoms with Crippen LogP contribution in [0.25, 0.3) is 0 Å². The molecule has 1 aliphatic heterocycles.